The number of ketones is 1. The lowest BCUT2D eigenvalue weighted by molar-refractivity contribution is -0.145. The predicted molar refractivity (Wildman–Crippen MR) is 104 cm³/mol. The Hall–Kier alpha value is -0.370. The van der Waals surface area contributed by atoms with Gasteiger partial charge < -0.3 is 4.90 Å². The molecule has 2 heteroatoms. The minimum atomic E-state index is 0.122. The molecule has 0 N–H and O–H groups in total. The molecular weight excluding hydrogens is 318 g/mol. The Morgan fingerprint density at radius 3 is 1.54 bits per heavy atom. The summed E-state index contributed by atoms with van der Waals surface area (Å²) in [5.41, 5.74) is 0.591. The summed E-state index contributed by atoms with van der Waals surface area (Å²) in [7, 11) is 2.36. The van der Waals surface area contributed by atoms with Gasteiger partial charge in [-0.3, -0.25) is 4.79 Å². The van der Waals surface area contributed by atoms with Gasteiger partial charge in [0.05, 0.1) is 0 Å². The second kappa shape index (κ2) is 5.58. The molecule has 0 heterocycles. The molecule has 0 saturated heterocycles. The van der Waals surface area contributed by atoms with E-state index in [9.17, 15) is 4.79 Å². The second-order valence-corrected chi connectivity index (χ2v) is 11.9. The first kappa shape index (κ1) is 16.6. The van der Waals surface area contributed by atoms with Crippen LogP contribution in [0.2, 0.25) is 0 Å². The molecule has 26 heavy (non-hydrogen) atoms. The average molecular weight is 356 g/mol. The Kier molecular flexibility index (Phi) is 3.56. The third-order valence-electron chi connectivity index (χ3n) is 10.1. The average Bonchev–Trinajstić information content (AvgIpc) is 2.57. The van der Waals surface area contributed by atoms with Crippen molar-refractivity contribution in [1.29, 1.82) is 0 Å². The monoisotopic (exact) mass is 355 g/mol. The van der Waals surface area contributed by atoms with Gasteiger partial charge in [-0.25, -0.2) is 0 Å². The fraction of sp³-hybridized carbons (Fsp3) is 0.958. The lowest BCUT2D eigenvalue weighted by Gasteiger charge is -2.60. The Balaban J connectivity index is 1.13. The van der Waals surface area contributed by atoms with Gasteiger partial charge in [0.2, 0.25) is 0 Å². The van der Waals surface area contributed by atoms with Crippen LogP contribution < -0.4 is 0 Å². The number of Topliss-reactive ketones (excluding diaryl/α,β-unsaturated/α-hetero) is 1. The first-order chi connectivity index (χ1) is 12.5. The fourth-order valence-electron chi connectivity index (χ4n) is 9.76. The highest BCUT2D eigenvalue weighted by molar-refractivity contribution is 5.85. The highest BCUT2D eigenvalue weighted by Crippen LogP contribution is 2.61. The lowest BCUT2D eigenvalue weighted by Crippen LogP contribution is -2.59. The van der Waals surface area contributed by atoms with Gasteiger partial charge in [0.15, 0.2) is 0 Å². The SMILES string of the molecule is CN(CCC(=O)C12CC3CC(CC(C3)C1)C2)C12CC3CC(CC(C3)C1)C2. The van der Waals surface area contributed by atoms with E-state index in [0.29, 0.717) is 11.3 Å². The summed E-state index contributed by atoms with van der Waals surface area (Å²) in [5, 5.41) is 0. The molecule has 0 aromatic carbocycles. The lowest BCUT2D eigenvalue weighted by atomic mass is 9.48. The Morgan fingerprint density at radius 1 is 0.731 bits per heavy atom. The van der Waals surface area contributed by atoms with Crippen LogP contribution in [0.5, 0.6) is 0 Å². The highest BCUT2D eigenvalue weighted by Gasteiger charge is 2.55. The maximum Gasteiger partial charge on any atom is 0.140 e. The summed E-state index contributed by atoms with van der Waals surface area (Å²) >= 11 is 0. The van der Waals surface area contributed by atoms with Crippen molar-refractivity contribution < 1.29 is 4.79 Å². The predicted octanol–water partition coefficient (Wildman–Crippen LogP) is 5.06. The van der Waals surface area contributed by atoms with E-state index in [1.807, 2.05) is 0 Å². The van der Waals surface area contributed by atoms with Crippen LogP contribution in [0, 0.1) is 40.9 Å². The van der Waals surface area contributed by atoms with E-state index in [1.54, 1.807) is 0 Å². The second-order valence-electron chi connectivity index (χ2n) is 11.9. The van der Waals surface area contributed by atoms with Gasteiger partial charge in [-0.05, 0) is 120 Å². The molecule has 0 aromatic rings. The van der Waals surface area contributed by atoms with Gasteiger partial charge in [0, 0.05) is 23.9 Å². The summed E-state index contributed by atoms with van der Waals surface area (Å²) in [6, 6.07) is 0. The quantitative estimate of drug-likeness (QED) is 0.687. The van der Waals surface area contributed by atoms with Crippen molar-refractivity contribution in [1.82, 2.24) is 4.90 Å². The molecule has 144 valence electrons. The molecule has 0 atom stereocenters. The van der Waals surface area contributed by atoms with Crippen molar-refractivity contribution in [2.24, 2.45) is 40.9 Å². The van der Waals surface area contributed by atoms with Gasteiger partial charge in [-0.15, -0.1) is 0 Å². The van der Waals surface area contributed by atoms with Gasteiger partial charge in [-0.2, -0.15) is 0 Å². The zero-order valence-electron chi connectivity index (χ0n) is 16.7. The number of carbonyl (C=O) groups is 1. The molecule has 0 unspecified atom stereocenters. The Morgan fingerprint density at radius 2 is 1.12 bits per heavy atom. The summed E-state index contributed by atoms with van der Waals surface area (Å²) in [4.78, 5) is 16.1. The minimum Gasteiger partial charge on any atom is -0.300 e. The van der Waals surface area contributed by atoms with Crippen LogP contribution in [0.3, 0.4) is 0 Å². The maximum absolute atomic E-state index is 13.4. The standard InChI is InChI=1S/C24H37NO/c1-25(24-13-19-7-20(14-24)9-21(8-19)15-24)3-2-22(26)23-10-16-4-17(11-23)6-18(5-16)12-23/h16-21H,2-15H2,1H3. The highest BCUT2D eigenvalue weighted by atomic mass is 16.1. The maximum atomic E-state index is 13.4. The van der Waals surface area contributed by atoms with Gasteiger partial charge in [-0.1, -0.05) is 0 Å². The van der Waals surface area contributed by atoms with Gasteiger partial charge in [0.1, 0.15) is 5.78 Å². The van der Waals surface area contributed by atoms with E-state index < -0.39 is 0 Å². The van der Waals surface area contributed by atoms with Gasteiger partial charge in [0.25, 0.3) is 0 Å². The number of hydrogen-bond donors (Lipinski definition) is 0. The van der Waals surface area contributed by atoms with E-state index in [4.69, 9.17) is 0 Å². The smallest absolute Gasteiger partial charge is 0.140 e. The number of hydrogen-bond acceptors (Lipinski definition) is 2. The van der Waals surface area contributed by atoms with E-state index >= 15 is 0 Å². The normalized spacial score (nSPS) is 53.6. The molecule has 0 aliphatic heterocycles. The number of carbonyl (C=O) groups excluding carboxylic acids is 1. The first-order valence-electron chi connectivity index (χ1n) is 11.8. The molecule has 0 aromatic heterocycles. The molecule has 8 saturated carbocycles. The van der Waals surface area contributed by atoms with E-state index in [-0.39, 0.29) is 5.41 Å². The summed E-state index contributed by atoms with van der Waals surface area (Å²) in [6.45, 7) is 1.03. The number of nitrogens with zero attached hydrogens (tertiary/aromatic N) is 1. The molecule has 8 bridgehead atoms. The minimum absolute atomic E-state index is 0.122. The Labute approximate surface area is 159 Å². The molecule has 0 amide bonds. The van der Waals surface area contributed by atoms with Crippen LogP contribution in [-0.4, -0.2) is 29.8 Å². The van der Waals surface area contributed by atoms with Crippen LogP contribution in [0.15, 0.2) is 0 Å². The van der Waals surface area contributed by atoms with Crippen molar-refractivity contribution in [2.75, 3.05) is 13.6 Å². The molecule has 8 rings (SSSR count). The van der Waals surface area contributed by atoms with Crippen molar-refractivity contribution in [3.05, 3.63) is 0 Å². The molecule has 2 nitrogen and oxygen atoms in total. The topological polar surface area (TPSA) is 20.3 Å². The van der Waals surface area contributed by atoms with Crippen LogP contribution in [0.4, 0.5) is 0 Å². The third kappa shape index (κ3) is 2.43. The molecule has 0 radical (unpaired) electrons. The van der Waals surface area contributed by atoms with Crippen LogP contribution in [-0.2, 0) is 4.79 Å². The molecule has 8 fully saturated rings. The number of rotatable bonds is 5. The fourth-order valence-corrected chi connectivity index (χ4v) is 9.76. The van der Waals surface area contributed by atoms with E-state index in [0.717, 1.165) is 48.5 Å². The molecule has 8 aliphatic rings. The molecule has 0 spiro atoms. The molecule has 8 aliphatic carbocycles. The third-order valence-corrected chi connectivity index (χ3v) is 10.1. The molecular formula is C24H37NO. The van der Waals surface area contributed by atoms with Crippen molar-refractivity contribution >= 4 is 5.78 Å². The van der Waals surface area contributed by atoms with Crippen molar-refractivity contribution in [3.8, 4) is 0 Å². The zero-order chi connectivity index (χ0) is 17.5. The van der Waals surface area contributed by atoms with Crippen molar-refractivity contribution in [3.63, 3.8) is 0 Å². The summed E-state index contributed by atoms with van der Waals surface area (Å²) < 4.78 is 0. The van der Waals surface area contributed by atoms with Crippen molar-refractivity contribution in [2.45, 2.75) is 89.0 Å². The van der Waals surface area contributed by atoms with Crippen LogP contribution >= 0.6 is 0 Å². The van der Waals surface area contributed by atoms with E-state index in [2.05, 4.69) is 11.9 Å². The Bertz CT molecular complexity index is 537. The van der Waals surface area contributed by atoms with Gasteiger partial charge >= 0.3 is 0 Å². The van der Waals surface area contributed by atoms with E-state index in [1.165, 1.54) is 77.0 Å². The zero-order valence-corrected chi connectivity index (χ0v) is 16.7. The summed E-state index contributed by atoms with van der Waals surface area (Å²) in [6.07, 6.45) is 17.8. The largest absolute Gasteiger partial charge is 0.300 e. The van der Waals surface area contributed by atoms with Crippen LogP contribution in [0.1, 0.15) is 83.5 Å². The summed E-state index contributed by atoms with van der Waals surface area (Å²) in [5.74, 6) is 6.35. The van der Waals surface area contributed by atoms with Crippen LogP contribution in [0.25, 0.3) is 0 Å². The first-order valence-corrected chi connectivity index (χ1v) is 11.8.